The van der Waals surface area contributed by atoms with E-state index < -0.39 is 0 Å². The van der Waals surface area contributed by atoms with Crippen LogP contribution >= 0.6 is 15.9 Å². The molecule has 0 aliphatic heterocycles. The number of hydrogen-bond acceptors (Lipinski definition) is 3. The van der Waals surface area contributed by atoms with Crippen molar-refractivity contribution in [2.24, 2.45) is 0 Å². The molecule has 0 saturated heterocycles. The molecule has 0 aliphatic rings. The highest BCUT2D eigenvalue weighted by Gasteiger charge is 2.14. The molecule has 3 heterocycles. The fourth-order valence-electron chi connectivity index (χ4n) is 2.45. The first kappa shape index (κ1) is 12.3. The molecule has 0 radical (unpaired) electrons. The first-order chi connectivity index (χ1) is 10.3. The number of para-hydroxylation sites is 1. The summed E-state index contributed by atoms with van der Waals surface area (Å²) in [6.07, 6.45) is 1.69. The molecular weight excluding hydrogens is 332 g/mol. The lowest BCUT2D eigenvalue weighted by Crippen LogP contribution is -2.21. The second-order valence-corrected chi connectivity index (χ2v) is 5.40. The van der Waals surface area contributed by atoms with Crippen LogP contribution in [-0.2, 0) is 0 Å². The van der Waals surface area contributed by atoms with Gasteiger partial charge in [0.25, 0.3) is 5.56 Å². The Bertz CT molecular complexity index is 1020. The van der Waals surface area contributed by atoms with Crippen LogP contribution in [0.3, 0.4) is 0 Å². The Morgan fingerprint density at radius 3 is 2.62 bits per heavy atom. The van der Waals surface area contributed by atoms with E-state index in [0.29, 0.717) is 15.8 Å². The summed E-state index contributed by atoms with van der Waals surface area (Å²) >= 11 is 3.32. The molecule has 4 rings (SSSR count). The van der Waals surface area contributed by atoms with Crippen molar-refractivity contribution in [2.45, 2.75) is 0 Å². The van der Waals surface area contributed by atoms with Gasteiger partial charge in [0.2, 0.25) is 0 Å². The molecule has 0 bridgehead atoms. The molecule has 0 saturated carbocycles. The lowest BCUT2D eigenvalue weighted by Gasteiger charge is -2.10. The molecule has 0 N–H and O–H groups in total. The van der Waals surface area contributed by atoms with Crippen LogP contribution in [0.25, 0.3) is 22.4 Å². The highest BCUT2D eigenvalue weighted by atomic mass is 79.9. The third-order valence-corrected chi connectivity index (χ3v) is 3.71. The monoisotopic (exact) mass is 340 g/mol. The Labute approximate surface area is 127 Å². The van der Waals surface area contributed by atoms with Crippen LogP contribution < -0.4 is 5.56 Å². The second kappa shape index (κ2) is 4.53. The summed E-state index contributed by atoms with van der Waals surface area (Å²) < 4.78 is 3.84. The van der Waals surface area contributed by atoms with E-state index in [0.717, 1.165) is 11.2 Å². The zero-order chi connectivity index (χ0) is 14.4. The molecule has 3 aromatic heterocycles. The van der Waals surface area contributed by atoms with Crippen LogP contribution in [0.1, 0.15) is 0 Å². The number of rotatable bonds is 1. The highest BCUT2D eigenvalue weighted by Crippen LogP contribution is 2.18. The van der Waals surface area contributed by atoms with Crippen molar-refractivity contribution in [2.75, 3.05) is 0 Å². The highest BCUT2D eigenvalue weighted by molar-refractivity contribution is 9.10. The Morgan fingerprint density at radius 1 is 1.00 bits per heavy atom. The molecule has 0 fully saturated rings. The quantitative estimate of drug-likeness (QED) is 0.535. The lowest BCUT2D eigenvalue weighted by molar-refractivity contribution is 0.924. The van der Waals surface area contributed by atoms with Gasteiger partial charge in [-0.15, -0.1) is 0 Å². The van der Waals surface area contributed by atoms with Crippen molar-refractivity contribution in [1.29, 1.82) is 0 Å². The van der Waals surface area contributed by atoms with Gasteiger partial charge in [-0.25, -0.2) is 9.50 Å². The third kappa shape index (κ3) is 1.80. The summed E-state index contributed by atoms with van der Waals surface area (Å²) in [5.41, 5.74) is 2.52. The fraction of sp³-hybridized carbons (Fsp3) is 0. The van der Waals surface area contributed by atoms with Crippen LogP contribution in [0.5, 0.6) is 0 Å². The fourth-order valence-corrected chi connectivity index (χ4v) is 2.83. The van der Waals surface area contributed by atoms with Gasteiger partial charge < -0.3 is 0 Å². The largest absolute Gasteiger partial charge is 0.281 e. The first-order valence-corrected chi connectivity index (χ1v) is 7.15. The van der Waals surface area contributed by atoms with Crippen molar-refractivity contribution in [3.8, 4) is 5.69 Å². The number of nitrogens with zero attached hydrogens (tertiary/aromatic N) is 4. The van der Waals surface area contributed by atoms with E-state index in [2.05, 4.69) is 26.0 Å². The maximum Gasteiger partial charge on any atom is 0.281 e. The summed E-state index contributed by atoms with van der Waals surface area (Å²) in [6.45, 7) is 0. The van der Waals surface area contributed by atoms with E-state index in [-0.39, 0.29) is 5.56 Å². The molecule has 1 aromatic carbocycles. The predicted octanol–water partition coefficient (Wildman–Crippen LogP) is 2.80. The van der Waals surface area contributed by atoms with Crippen LogP contribution in [0, 0.1) is 0 Å². The number of benzene rings is 1. The van der Waals surface area contributed by atoms with E-state index in [1.807, 2.05) is 42.5 Å². The first-order valence-electron chi connectivity index (χ1n) is 6.36. The van der Waals surface area contributed by atoms with Gasteiger partial charge in [-0.1, -0.05) is 18.2 Å². The smallest absolute Gasteiger partial charge is 0.272 e. The van der Waals surface area contributed by atoms with E-state index >= 15 is 0 Å². The number of fused-ring (bicyclic) bond motifs is 3. The minimum atomic E-state index is -0.125. The van der Waals surface area contributed by atoms with E-state index in [1.165, 1.54) is 0 Å². The molecule has 0 spiro atoms. The van der Waals surface area contributed by atoms with Gasteiger partial charge in [-0.05, 0) is 40.2 Å². The zero-order valence-corrected chi connectivity index (χ0v) is 12.4. The standard InChI is InChI=1S/C15H9BrN4O/c16-13-9-12-15(21)19(10-5-2-1-3-6-10)11-7-4-8-17-14(11)20(12)18-13/h1-9H. The lowest BCUT2D eigenvalue weighted by atomic mass is 10.3. The topological polar surface area (TPSA) is 52.2 Å². The Morgan fingerprint density at radius 2 is 1.81 bits per heavy atom. The normalized spacial score (nSPS) is 11.3. The molecule has 6 heteroatoms. The van der Waals surface area contributed by atoms with Crippen LogP contribution in [0.4, 0.5) is 0 Å². The molecule has 0 aliphatic carbocycles. The molecule has 0 amide bonds. The number of aromatic nitrogens is 4. The van der Waals surface area contributed by atoms with E-state index in [1.54, 1.807) is 21.3 Å². The molecule has 4 aromatic rings. The van der Waals surface area contributed by atoms with Crippen LogP contribution in [-0.4, -0.2) is 19.2 Å². The average Bonchev–Trinajstić information content (AvgIpc) is 2.91. The summed E-state index contributed by atoms with van der Waals surface area (Å²) in [7, 11) is 0. The molecule has 5 nitrogen and oxygen atoms in total. The van der Waals surface area contributed by atoms with Crippen molar-refractivity contribution in [3.05, 3.63) is 69.7 Å². The Kier molecular flexibility index (Phi) is 2.65. The predicted molar refractivity (Wildman–Crippen MR) is 83.8 cm³/mol. The Balaban J connectivity index is 2.28. The van der Waals surface area contributed by atoms with Crippen molar-refractivity contribution in [3.63, 3.8) is 0 Å². The van der Waals surface area contributed by atoms with Crippen LogP contribution in [0.2, 0.25) is 0 Å². The van der Waals surface area contributed by atoms with Gasteiger partial charge in [0.15, 0.2) is 5.65 Å². The van der Waals surface area contributed by atoms with Crippen LogP contribution in [0.15, 0.2) is 64.1 Å². The number of pyridine rings is 1. The van der Waals surface area contributed by atoms with Crippen molar-refractivity contribution in [1.82, 2.24) is 19.2 Å². The van der Waals surface area contributed by atoms with Gasteiger partial charge in [-0.2, -0.15) is 5.10 Å². The molecule has 21 heavy (non-hydrogen) atoms. The third-order valence-electron chi connectivity index (χ3n) is 3.32. The van der Waals surface area contributed by atoms with Crippen molar-refractivity contribution >= 4 is 32.6 Å². The zero-order valence-electron chi connectivity index (χ0n) is 10.8. The number of halogens is 1. The van der Waals surface area contributed by atoms with Gasteiger partial charge in [-0.3, -0.25) is 9.36 Å². The van der Waals surface area contributed by atoms with Gasteiger partial charge in [0.1, 0.15) is 10.1 Å². The van der Waals surface area contributed by atoms with Gasteiger partial charge in [0, 0.05) is 18.0 Å². The summed E-state index contributed by atoms with van der Waals surface area (Å²) in [5.74, 6) is 0. The maximum atomic E-state index is 12.8. The van der Waals surface area contributed by atoms with E-state index in [4.69, 9.17) is 0 Å². The molecular formula is C15H9BrN4O. The molecule has 102 valence electrons. The van der Waals surface area contributed by atoms with Gasteiger partial charge in [0.05, 0.1) is 5.52 Å². The summed E-state index contributed by atoms with van der Waals surface area (Å²) in [5, 5.41) is 4.29. The Hall–Kier alpha value is -2.47. The molecule has 0 atom stereocenters. The minimum Gasteiger partial charge on any atom is -0.272 e. The molecule has 0 unspecified atom stereocenters. The maximum absolute atomic E-state index is 12.8. The SMILES string of the molecule is O=c1c2cc(Br)nn2c2ncccc2n1-c1ccccc1. The van der Waals surface area contributed by atoms with E-state index in [9.17, 15) is 4.79 Å². The summed E-state index contributed by atoms with van der Waals surface area (Å²) in [4.78, 5) is 17.2. The second-order valence-electron chi connectivity index (χ2n) is 4.59. The van der Waals surface area contributed by atoms with Crippen molar-refractivity contribution < 1.29 is 0 Å². The van der Waals surface area contributed by atoms with Gasteiger partial charge >= 0.3 is 0 Å². The minimum absolute atomic E-state index is 0.125. The summed E-state index contributed by atoms with van der Waals surface area (Å²) in [6, 6.07) is 14.9. The average molecular weight is 341 g/mol. The number of hydrogen-bond donors (Lipinski definition) is 0.